The van der Waals surface area contributed by atoms with Crippen molar-refractivity contribution in [1.82, 2.24) is 15.0 Å². The highest BCUT2D eigenvalue weighted by atomic mass is 15.4. The number of rotatable bonds is 3. The van der Waals surface area contributed by atoms with Gasteiger partial charge in [-0.25, -0.2) is 4.68 Å². The molecule has 1 aromatic rings. The summed E-state index contributed by atoms with van der Waals surface area (Å²) in [7, 11) is 0. The maximum absolute atomic E-state index is 3.85. The fraction of sp³-hybridized carbons (Fsp3) is 0.273. The Morgan fingerprint density at radius 1 is 1.50 bits per heavy atom. The van der Waals surface area contributed by atoms with E-state index in [9.17, 15) is 0 Å². The predicted octanol–water partition coefficient (Wildman–Crippen LogP) is 2.83. The van der Waals surface area contributed by atoms with Crippen molar-refractivity contribution in [2.75, 3.05) is 0 Å². The topological polar surface area (TPSA) is 30.7 Å². The van der Waals surface area contributed by atoms with Gasteiger partial charge in [0.05, 0.1) is 17.6 Å². The highest BCUT2D eigenvalue weighted by molar-refractivity contribution is 5.53. The molecule has 3 heteroatoms. The minimum absolute atomic E-state index is 0.774. The molecule has 0 aromatic carbocycles. The smallest absolute Gasteiger partial charge is 0.0800 e. The second-order valence-corrected chi connectivity index (χ2v) is 2.39. The number of aromatic nitrogens is 3. The molecule has 0 amide bonds. The maximum atomic E-state index is 3.85. The molecule has 0 saturated heterocycles. The Hall–Kier alpha value is -1.64. The molecule has 14 heavy (non-hydrogen) atoms. The van der Waals surface area contributed by atoms with Crippen molar-refractivity contribution in [2.45, 2.75) is 20.8 Å². The molecule has 0 aliphatic carbocycles. The molecule has 0 spiro atoms. The molecule has 0 unspecified atom stereocenters. The van der Waals surface area contributed by atoms with E-state index >= 15 is 0 Å². The standard InChI is InChI=1S/C9H11N3.C2H6/c1-4-5-6-9(3)12-7-8(2)10-11-12;1-2/h4-7H,1,3H2,2H3;1-2H3/b6-5-;. The third-order valence-corrected chi connectivity index (χ3v) is 1.33. The van der Waals surface area contributed by atoms with E-state index in [1.807, 2.05) is 33.0 Å². The average Bonchev–Trinajstić information content (AvgIpc) is 2.64. The molecule has 0 radical (unpaired) electrons. The van der Waals surface area contributed by atoms with Gasteiger partial charge in [-0.2, -0.15) is 0 Å². The Morgan fingerprint density at radius 3 is 2.57 bits per heavy atom. The van der Waals surface area contributed by atoms with Gasteiger partial charge >= 0.3 is 0 Å². The summed E-state index contributed by atoms with van der Waals surface area (Å²) in [6, 6.07) is 0. The number of allylic oxidation sites excluding steroid dienone is 4. The summed E-state index contributed by atoms with van der Waals surface area (Å²) in [5, 5.41) is 7.69. The zero-order valence-corrected chi connectivity index (χ0v) is 9.07. The van der Waals surface area contributed by atoms with Gasteiger partial charge in [0.2, 0.25) is 0 Å². The molecule has 0 aliphatic heterocycles. The summed E-state index contributed by atoms with van der Waals surface area (Å²) < 4.78 is 1.62. The lowest BCUT2D eigenvalue weighted by atomic mass is 10.4. The first-order valence-corrected chi connectivity index (χ1v) is 4.61. The fourth-order valence-electron chi connectivity index (χ4n) is 0.743. The van der Waals surface area contributed by atoms with Crippen LogP contribution in [0.1, 0.15) is 19.5 Å². The third-order valence-electron chi connectivity index (χ3n) is 1.33. The molecule has 0 saturated carbocycles. The number of hydrogen-bond acceptors (Lipinski definition) is 2. The monoisotopic (exact) mass is 191 g/mol. The van der Waals surface area contributed by atoms with E-state index in [1.54, 1.807) is 16.8 Å². The van der Waals surface area contributed by atoms with Gasteiger partial charge in [0.15, 0.2) is 0 Å². The molecule has 3 nitrogen and oxygen atoms in total. The minimum atomic E-state index is 0.774. The summed E-state index contributed by atoms with van der Waals surface area (Å²) >= 11 is 0. The summed E-state index contributed by atoms with van der Waals surface area (Å²) in [4.78, 5) is 0. The highest BCUT2D eigenvalue weighted by Gasteiger charge is 1.94. The van der Waals surface area contributed by atoms with E-state index in [1.165, 1.54) is 0 Å². The van der Waals surface area contributed by atoms with Crippen LogP contribution in [0.2, 0.25) is 0 Å². The van der Waals surface area contributed by atoms with E-state index < -0.39 is 0 Å². The first kappa shape index (κ1) is 12.4. The van der Waals surface area contributed by atoms with Gasteiger partial charge in [0.25, 0.3) is 0 Å². The first-order chi connectivity index (χ1) is 6.74. The first-order valence-electron chi connectivity index (χ1n) is 4.61. The van der Waals surface area contributed by atoms with Gasteiger partial charge in [-0.3, -0.25) is 0 Å². The van der Waals surface area contributed by atoms with E-state index in [2.05, 4.69) is 23.5 Å². The van der Waals surface area contributed by atoms with Crippen molar-refractivity contribution in [3.05, 3.63) is 43.3 Å². The van der Waals surface area contributed by atoms with Gasteiger partial charge in [-0.1, -0.05) is 44.4 Å². The molecule has 0 aliphatic rings. The van der Waals surface area contributed by atoms with Gasteiger partial charge in [0, 0.05) is 0 Å². The number of nitrogens with zero attached hydrogens (tertiary/aromatic N) is 3. The molecule has 0 N–H and O–H groups in total. The number of hydrogen-bond donors (Lipinski definition) is 0. The largest absolute Gasteiger partial charge is 0.221 e. The molecule has 1 aromatic heterocycles. The molecule has 1 heterocycles. The summed E-state index contributed by atoms with van der Waals surface area (Å²) in [5.74, 6) is 0. The van der Waals surface area contributed by atoms with Crippen molar-refractivity contribution in [3.63, 3.8) is 0 Å². The van der Waals surface area contributed by atoms with Crippen molar-refractivity contribution in [2.24, 2.45) is 0 Å². The molecule has 0 fully saturated rings. The van der Waals surface area contributed by atoms with Crippen molar-refractivity contribution in [3.8, 4) is 0 Å². The van der Waals surface area contributed by atoms with Crippen molar-refractivity contribution < 1.29 is 0 Å². The SMILES string of the molecule is C=C/C=C\C(=C)n1cc(C)nn1.CC. The molecule has 0 atom stereocenters. The molecule has 0 bridgehead atoms. The minimum Gasteiger partial charge on any atom is -0.221 e. The van der Waals surface area contributed by atoms with Crippen LogP contribution in [0.5, 0.6) is 0 Å². The second-order valence-electron chi connectivity index (χ2n) is 2.39. The Labute approximate surface area is 85.4 Å². The van der Waals surface area contributed by atoms with Crippen LogP contribution in [0.25, 0.3) is 5.70 Å². The zero-order valence-electron chi connectivity index (χ0n) is 9.07. The van der Waals surface area contributed by atoms with E-state index in [0.717, 1.165) is 11.4 Å². The molecular weight excluding hydrogens is 174 g/mol. The van der Waals surface area contributed by atoms with Crippen LogP contribution in [-0.2, 0) is 0 Å². The summed E-state index contributed by atoms with van der Waals surface area (Å²) in [6.07, 6.45) is 7.13. The highest BCUT2D eigenvalue weighted by Crippen LogP contribution is 2.01. The predicted molar refractivity (Wildman–Crippen MR) is 60.8 cm³/mol. The Kier molecular flexibility index (Phi) is 6.03. The Bertz CT molecular complexity index is 321. The van der Waals surface area contributed by atoms with Gasteiger partial charge < -0.3 is 0 Å². The summed E-state index contributed by atoms with van der Waals surface area (Å²) in [5.41, 5.74) is 1.65. The zero-order chi connectivity index (χ0) is 11.0. The lowest BCUT2D eigenvalue weighted by molar-refractivity contribution is 0.822. The maximum Gasteiger partial charge on any atom is 0.0800 e. The van der Waals surface area contributed by atoms with E-state index in [-0.39, 0.29) is 0 Å². The third kappa shape index (κ3) is 3.85. The van der Waals surface area contributed by atoms with Crippen LogP contribution < -0.4 is 0 Å². The number of aryl methyl sites for hydroxylation is 1. The summed E-state index contributed by atoms with van der Waals surface area (Å²) in [6.45, 7) is 13.2. The quantitative estimate of drug-likeness (QED) is 0.688. The van der Waals surface area contributed by atoms with Crippen LogP contribution in [0.4, 0.5) is 0 Å². The van der Waals surface area contributed by atoms with Crippen molar-refractivity contribution in [1.29, 1.82) is 0 Å². The molecule has 1 rings (SSSR count). The second kappa shape index (κ2) is 6.83. The van der Waals surface area contributed by atoms with Crippen LogP contribution in [-0.4, -0.2) is 15.0 Å². The van der Waals surface area contributed by atoms with Crippen LogP contribution >= 0.6 is 0 Å². The lowest BCUT2D eigenvalue weighted by Crippen LogP contribution is -1.93. The van der Waals surface area contributed by atoms with Gasteiger partial charge in [0.1, 0.15) is 0 Å². The lowest BCUT2D eigenvalue weighted by Gasteiger charge is -1.95. The normalized spacial score (nSPS) is 9.36. The van der Waals surface area contributed by atoms with E-state index in [4.69, 9.17) is 0 Å². The van der Waals surface area contributed by atoms with E-state index in [0.29, 0.717) is 0 Å². The van der Waals surface area contributed by atoms with Crippen LogP contribution in [0, 0.1) is 6.92 Å². The molecule has 76 valence electrons. The average molecular weight is 191 g/mol. The fourth-order valence-corrected chi connectivity index (χ4v) is 0.743. The Balaban J connectivity index is 0.000000791. The van der Waals surface area contributed by atoms with Gasteiger partial charge in [-0.05, 0) is 13.0 Å². The molecular formula is C11H17N3. The van der Waals surface area contributed by atoms with Crippen LogP contribution in [0.15, 0.2) is 37.6 Å². The van der Waals surface area contributed by atoms with Gasteiger partial charge in [-0.15, -0.1) is 5.10 Å². The Morgan fingerprint density at radius 2 is 2.14 bits per heavy atom. The van der Waals surface area contributed by atoms with Crippen LogP contribution in [0.3, 0.4) is 0 Å². The van der Waals surface area contributed by atoms with Crippen molar-refractivity contribution >= 4 is 5.70 Å².